The highest BCUT2D eigenvalue weighted by atomic mass is 16.7. The number of benzene rings is 1. The van der Waals surface area contributed by atoms with Gasteiger partial charge >= 0.3 is 13.1 Å². The molecule has 0 radical (unpaired) electrons. The molecule has 120 valence electrons. The third kappa shape index (κ3) is 2.98. The van der Waals surface area contributed by atoms with Crippen LogP contribution in [0.3, 0.4) is 0 Å². The zero-order valence-corrected chi connectivity index (χ0v) is 14.1. The highest BCUT2D eigenvalue weighted by molar-refractivity contribution is 6.62. The van der Waals surface area contributed by atoms with E-state index in [9.17, 15) is 4.79 Å². The molecule has 0 unspecified atom stereocenters. The number of carbonyl (C=O) groups excluding carboxylic acids is 1. The predicted molar refractivity (Wildman–Crippen MR) is 84.7 cm³/mol. The Morgan fingerprint density at radius 2 is 1.77 bits per heavy atom. The van der Waals surface area contributed by atoms with Crippen LogP contribution in [0.2, 0.25) is 0 Å². The number of ether oxygens (including phenoxy) is 2. The van der Waals surface area contributed by atoms with Crippen molar-refractivity contribution >= 4 is 18.6 Å². The summed E-state index contributed by atoms with van der Waals surface area (Å²) in [5, 5.41) is 0. The Balaban J connectivity index is 2.34. The van der Waals surface area contributed by atoms with E-state index in [-0.39, 0.29) is 0 Å². The fourth-order valence-electron chi connectivity index (χ4n) is 2.22. The Bertz CT molecular complexity index is 552. The second-order valence-electron chi connectivity index (χ2n) is 6.27. The van der Waals surface area contributed by atoms with Crippen LogP contribution in [0.1, 0.15) is 45.0 Å². The van der Waals surface area contributed by atoms with Crippen molar-refractivity contribution in [1.82, 2.24) is 0 Å². The van der Waals surface area contributed by atoms with Gasteiger partial charge in [0.1, 0.15) is 11.3 Å². The molecular formula is C16H23BO5. The zero-order chi connectivity index (χ0) is 16.5. The van der Waals surface area contributed by atoms with Gasteiger partial charge in [-0.1, -0.05) is 6.07 Å². The van der Waals surface area contributed by atoms with Crippen molar-refractivity contribution in [3.63, 3.8) is 0 Å². The topological polar surface area (TPSA) is 54.0 Å². The fourth-order valence-corrected chi connectivity index (χ4v) is 2.22. The van der Waals surface area contributed by atoms with Crippen molar-refractivity contribution in [3.8, 4) is 5.75 Å². The third-order valence-corrected chi connectivity index (χ3v) is 4.24. The first-order valence-corrected chi connectivity index (χ1v) is 7.42. The molecule has 1 aliphatic heterocycles. The van der Waals surface area contributed by atoms with Crippen molar-refractivity contribution in [3.05, 3.63) is 23.8 Å². The molecule has 2 rings (SSSR count). The molecule has 0 amide bonds. The van der Waals surface area contributed by atoms with Crippen molar-refractivity contribution in [1.29, 1.82) is 0 Å². The molecule has 0 spiro atoms. The van der Waals surface area contributed by atoms with E-state index >= 15 is 0 Å². The summed E-state index contributed by atoms with van der Waals surface area (Å²) in [6, 6.07) is 5.26. The first-order chi connectivity index (χ1) is 10.2. The van der Waals surface area contributed by atoms with Gasteiger partial charge in [0.25, 0.3) is 0 Å². The Kier molecular flexibility index (Phi) is 4.54. The van der Waals surface area contributed by atoms with Gasteiger partial charge in [0.05, 0.1) is 24.9 Å². The predicted octanol–water partition coefficient (Wildman–Crippen LogP) is 2.17. The highest BCUT2D eigenvalue weighted by Gasteiger charge is 2.51. The molecule has 5 nitrogen and oxygen atoms in total. The standard InChI is InChI=1S/C16H23BO5/c1-7-20-13-10-11(8-9-12(13)14(18)19-6)17-21-15(2,3)16(4,5)22-17/h8-10H,7H2,1-6H3. The lowest BCUT2D eigenvalue weighted by Gasteiger charge is -2.32. The Hall–Kier alpha value is -1.53. The minimum atomic E-state index is -0.490. The minimum Gasteiger partial charge on any atom is -0.493 e. The maximum absolute atomic E-state index is 11.8. The van der Waals surface area contributed by atoms with Gasteiger partial charge in [-0.15, -0.1) is 0 Å². The largest absolute Gasteiger partial charge is 0.494 e. The van der Waals surface area contributed by atoms with Crippen LogP contribution in [0.15, 0.2) is 18.2 Å². The lowest BCUT2D eigenvalue weighted by Crippen LogP contribution is -2.41. The molecule has 1 saturated heterocycles. The van der Waals surface area contributed by atoms with Gasteiger partial charge in [0.15, 0.2) is 0 Å². The summed E-state index contributed by atoms with van der Waals surface area (Å²) < 4.78 is 22.4. The molecule has 0 aliphatic carbocycles. The number of carbonyl (C=O) groups is 1. The van der Waals surface area contributed by atoms with Gasteiger partial charge in [0.2, 0.25) is 0 Å². The van der Waals surface area contributed by atoms with Crippen LogP contribution in [0.25, 0.3) is 0 Å². The quantitative estimate of drug-likeness (QED) is 0.630. The summed E-state index contributed by atoms with van der Waals surface area (Å²) in [5.41, 5.74) is 0.383. The summed E-state index contributed by atoms with van der Waals surface area (Å²) in [7, 11) is 0.858. The van der Waals surface area contributed by atoms with Crippen LogP contribution < -0.4 is 10.2 Å². The van der Waals surface area contributed by atoms with E-state index in [1.807, 2.05) is 34.6 Å². The van der Waals surface area contributed by atoms with Crippen LogP contribution in [-0.2, 0) is 14.0 Å². The SMILES string of the molecule is CCOc1cc(B2OC(C)(C)C(C)(C)O2)ccc1C(=O)OC. The summed E-state index contributed by atoms with van der Waals surface area (Å²) in [5.74, 6) is 0.0467. The van der Waals surface area contributed by atoms with Crippen molar-refractivity contribution < 1.29 is 23.6 Å². The molecule has 6 heteroatoms. The first-order valence-electron chi connectivity index (χ1n) is 7.42. The Labute approximate surface area is 132 Å². The summed E-state index contributed by atoms with van der Waals surface area (Å²) in [6.45, 7) is 10.3. The van der Waals surface area contributed by atoms with Crippen LogP contribution in [0.4, 0.5) is 0 Å². The monoisotopic (exact) mass is 306 g/mol. The van der Waals surface area contributed by atoms with E-state index in [2.05, 4.69) is 0 Å². The lowest BCUT2D eigenvalue weighted by molar-refractivity contribution is 0.00578. The smallest absolute Gasteiger partial charge is 0.493 e. The summed E-state index contributed by atoms with van der Waals surface area (Å²) in [4.78, 5) is 11.8. The number of rotatable bonds is 4. The number of hydrogen-bond acceptors (Lipinski definition) is 5. The minimum absolute atomic E-state index is 0.393. The molecule has 1 aromatic carbocycles. The zero-order valence-electron chi connectivity index (χ0n) is 14.1. The van der Waals surface area contributed by atoms with Gasteiger partial charge in [0, 0.05) is 0 Å². The van der Waals surface area contributed by atoms with Crippen molar-refractivity contribution in [2.24, 2.45) is 0 Å². The van der Waals surface area contributed by atoms with Crippen molar-refractivity contribution in [2.75, 3.05) is 13.7 Å². The van der Waals surface area contributed by atoms with Crippen LogP contribution in [-0.4, -0.2) is 38.0 Å². The molecule has 0 saturated carbocycles. The van der Waals surface area contributed by atoms with E-state index in [0.29, 0.717) is 17.9 Å². The van der Waals surface area contributed by atoms with E-state index < -0.39 is 24.3 Å². The average molecular weight is 306 g/mol. The number of methoxy groups -OCH3 is 1. The molecule has 0 atom stereocenters. The van der Waals surface area contributed by atoms with Gasteiger partial charge < -0.3 is 18.8 Å². The molecule has 1 fully saturated rings. The van der Waals surface area contributed by atoms with Crippen LogP contribution >= 0.6 is 0 Å². The van der Waals surface area contributed by atoms with E-state index in [0.717, 1.165) is 5.46 Å². The molecular weight excluding hydrogens is 283 g/mol. The Morgan fingerprint density at radius 3 is 2.27 bits per heavy atom. The molecule has 1 heterocycles. The molecule has 0 bridgehead atoms. The molecule has 22 heavy (non-hydrogen) atoms. The van der Waals surface area contributed by atoms with E-state index in [4.69, 9.17) is 18.8 Å². The van der Waals surface area contributed by atoms with Gasteiger partial charge in [-0.2, -0.15) is 0 Å². The van der Waals surface area contributed by atoms with E-state index in [1.165, 1.54) is 7.11 Å². The summed E-state index contributed by atoms with van der Waals surface area (Å²) in [6.07, 6.45) is 0. The van der Waals surface area contributed by atoms with Crippen LogP contribution in [0, 0.1) is 0 Å². The van der Waals surface area contributed by atoms with Crippen LogP contribution in [0.5, 0.6) is 5.75 Å². The average Bonchev–Trinajstić information content (AvgIpc) is 2.67. The molecule has 0 N–H and O–H groups in total. The maximum Gasteiger partial charge on any atom is 0.494 e. The Morgan fingerprint density at radius 1 is 1.18 bits per heavy atom. The summed E-state index contributed by atoms with van der Waals surface area (Å²) >= 11 is 0. The van der Waals surface area contributed by atoms with Gasteiger partial charge in [-0.25, -0.2) is 4.79 Å². The second kappa shape index (κ2) is 5.93. The second-order valence-corrected chi connectivity index (χ2v) is 6.27. The first kappa shape index (κ1) is 16.8. The normalized spacial score (nSPS) is 19.1. The van der Waals surface area contributed by atoms with Crippen molar-refractivity contribution in [2.45, 2.75) is 45.8 Å². The highest BCUT2D eigenvalue weighted by Crippen LogP contribution is 2.36. The molecule has 1 aliphatic rings. The van der Waals surface area contributed by atoms with Gasteiger partial charge in [-0.05, 0) is 52.2 Å². The lowest BCUT2D eigenvalue weighted by atomic mass is 9.78. The number of esters is 1. The van der Waals surface area contributed by atoms with E-state index in [1.54, 1.807) is 18.2 Å². The molecule has 1 aromatic rings. The maximum atomic E-state index is 11.8. The third-order valence-electron chi connectivity index (χ3n) is 4.24. The van der Waals surface area contributed by atoms with Gasteiger partial charge in [-0.3, -0.25) is 0 Å². The fraction of sp³-hybridized carbons (Fsp3) is 0.562. The molecule has 0 aromatic heterocycles. The number of hydrogen-bond donors (Lipinski definition) is 0.